The van der Waals surface area contributed by atoms with E-state index in [2.05, 4.69) is 10.2 Å². The number of aryl methyl sites for hydroxylation is 1. The van der Waals surface area contributed by atoms with Gasteiger partial charge in [-0.3, -0.25) is 0 Å². The lowest BCUT2D eigenvalue weighted by Crippen LogP contribution is -2.01. The summed E-state index contributed by atoms with van der Waals surface area (Å²) in [5, 5.41) is 15.8. The van der Waals surface area contributed by atoms with E-state index in [0.29, 0.717) is 5.69 Å². The standard InChI is InChI=1S/C8H9N3O2/c1-5-4-6(12)2-3-7(5)10-11-8(9)13/h2-4,12H,1H3,(H2,9,13). The molecule has 0 bridgehead atoms. The first-order chi connectivity index (χ1) is 6.09. The number of urea groups is 1. The molecule has 68 valence electrons. The minimum atomic E-state index is -0.840. The number of azo groups is 1. The van der Waals surface area contributed by atoms with Crippen molar-refractivity contribution in [3.63, 3.8) is 0 Å². The molecule has 1 rings (SSSR count). The monoisotopic (exact) mass is 179 g/mol. The van der Waals surface area contributed by atoms with E-state index in [1.165, 1.54) is 12.1 Å². The first kappa shape index (κ1) is 9.18. The average Bonchev–Trinajstić information content (AvgIpc) is 2.02. The molecule has 0 atom stereocenters. The van der Waals surface area contributed by atoms with Gasteiger partial charge in [0.15, 0.2) is 0 Å². The molecule has 5 nitrogen and oxygen atoms in total. The van der Waals surface area contributed by atoms with Crippen molar-refractivity contribution in [3.05, 3.63) is 23.8 Å². The quantitative estimate of drug-likeness (QED) is 0.644. The van der Waals surface area contributed by atoms with Gasteiger partial charge in [-0.1, -0.05) is 5.11 Å². The second kappa shape index (κ2) is 3.66. The van der Waals surface area contributed by atoms with Gasteiger partial charge in [-0.2, -0.15) is 0 Å². The second-order valence-corrected chi connectivity index (χ2v) is 2.51. The normalized spacial score (nSPS) is 10.5. The summed E-state index contributed by atoms with van der Waals surface area (Å²) in [7, 11) is 0. The number of phenolic OH excluding ortho intramolecular Hbond substituents is 1. The molecule has 0 aliphatic carbocycles. The van der Waals surface area contributed by atoms with Gasteiger partial charge in [0.2, 0.25) is 0 Å². The van der Waals surface area contributed by atoms with Crippen molar-refractivity contribution < 1.29 is 9.90 Å². The van der Waals surface area contributed by atoms with Crippen LogP contribution in [-0.4, -0.2) is 11.1 Å². The Morgan fingerprint density at radius 3 is 2.77 bits per heavy atom. The number of nitrogens with two attached hydrogens (primary N) is 1. The van der Waals surface area contributed by atoms with E-state index in [1.54, 1.807) is 13.0 Å². The minimum absolute atomic E-state index is 0.149. The largest absolute Gasteiger partial charge is 0.508 e. The summed E-state index contributed by atoms with van der Waals surface area (Å²) in [5.41, 5.74) is 6.01. The van der Waals surface area contributed by atoms with Gasteiger partial charge in [0.25, 0.3) is 0 Å². The Morgan fingerprint density at radius 2 is 2.23 bits per heavy atom. The van der Waals surface area contributed by atoms with Gasteiger partial charge < -0.3 is 10.8 Å². The number of carbonyl (C=O) groups excluding carboxylic acids is 1. The molecule has 0 spiro atoms. The lowest BCUT2D eigenvalue weighted by atomic mass is 10.2. The Bertz CT molecular complexity index is 360. The molecule has 1 aromatic rings. The summed E-state index contributed by atoms with van der Waals surface area (Å²) < 4.78 is 0. The summed E-state index contributed by atoms with van der Waals surface area (Å²) in [5.74, 6) is 0.149. The van der Waals surface area contributed by atoms with Crippen molar-refractivity contribution in [2.24, 2.45) is 16.0 Å². The smallest absolute Gasteiger partial charge is 0.356 e. The zero-order valence-corrected chi connectivity index (χ0v) is 7.06. The number of phenols is 1. The average molecular weight is 179 g/mol. The summed E-state index contributed by atoms with van der Waals surface area (Å²) in [6.45, 7) is 1.75. The van der Waals surface area contributed by atoms with Gasteiger partial charge in [0, 0.05) is 0 Å². The molecule has 0 aromatic heterocycles. The third-order valence-electron chi connectivity index (χ3n) is 1.44. The first-order valence-electron chi connectivity index (χ1n) is 3.60. The topological polar surface area (TPSA) is 88.0 Å². The van der Waals surface area contributed by atoms with E-state index in [-0.39, 0.29) is 5.75 Å². The molecular weight excluding hydrogens is 170 g/mol. The van der Waals surface area contributed by atoms with Gasteiger partial charge >= 0.3 is 6.03 Å². The van der Waals surface area contributed by atoms with E-state index in [0.717, 1.165) is 5.56 Å². The van der Waals surface area contributed by atoms with Crippen molar-refractivity contribution in [1.29, 1.82) is 0 Å². The van der Waals surface area contributed by atoms with Crippen LogP contribution in [-0.2, 0) is 0 Å². The molecule has 1 aromatic carbocycles. The van der Waals surface area contributed by atoms with Crippen LogP contribution in [0.25, 0.3) is 0 Å². The molecule has 5 heteroatoms. The molecule has 0 saturated carbocycles. The Labute approximate surface area is 74.9 Å². The van der Waals surface area contributed by atoms with Crippen LogP contribution in [0.1, 0.15) is 5.56 Å². The third-order valence-corrected chi connectivity index (χ3v) is 1.44. The minimum Gasteiger partial charge on any atom is -0.508 e. The maximum atomic E-state index is 10.3. The number of benzene rings is 1. The molecular formula is C8H9N3O2. The predicted octanol–water partition coefficient (Wildman–Crippen LogP) is 1.86. The molecule has 0 saturated heterocycles. The fourth-order valence-corrected chi connectivity index (χ4v) is 0.855. The van der Waals surface area contributed by atoms with E-state index in [9.17, 15) is 4.79 Å². The summed E-state index contributed by atoms with van der Waals surface area (Å²) in [4.78, 5) is 10.3. The first-order valence-corrected chi connectivity index (χ1v) is 3.60. The number of primary amides is 1. The number of amides is 2. The molecule has 0 aliphatic rings. The van der Waals surface area contributed by atoms with E-state index >= 15 is 0 Å². The van der Waals surface area contributed by atoms with E-state index < -0.39 is 6.03 Å². The Morgan fingerprint density at radius 1 is 1.54 bits per heavy atom. The van der Waals surface area contributed by atoms with Crippen molar-refractivity contribution in [2.45, 2.75) is 6.92 Å². The molecule has 2 amide bonds. The SMILES string of the molecule is Cc1cc(O)ccc1N=NC(N)=O. The highest BCUT2D eigenvalue weighted by atomic mass is 16.3. The van der Waals surface area contributed by atoms with Gasteiger partial charge in [0.05, 0.1) is 5.69 Å². The number of hydrogen-bond acceptors (Lipinski definition) is 3. The fourth-order valence-electron chi connectivity index (χ4n) is 0.855. The van der Waals surface area contributed by atoms with Crippen LogP contribution in [0.3, 0.4) is 0 Å². The molecule has 0 unspecified atom stereocenters. The number of hydrogen-bond donors (Lipinski definition) is 2. The highest BCUT2D eigenvalue weighted by Crippen LogP contribution is 2.22. The van der Waals surface area contributed by atoms with E-state index in [4.69, 9.17) is 10.8 Å². The number of rotatable bonds is 1. The Balaban J connectivity index is 2.96. The lowest BCUT2D eigenvalue weighted by molar-refractivity contribution is 0.255. The molecule has 13 heavy (non-hydrogen) atoms. The predicted molar refractivity (Wildman–Crippen MR) is 46.9 cm³/mol. The molecule has 0 radical (unpaired) electrons. The van der Waals surface area contributed by atoms with Crippen LogP contribution in [0.5, 0.6) is 5.75 Å². The van der Waals surface area contributed by atoms with Gasteiger partial charge in [0.1, 0.15) is 5.75 Å². The number of aromatic hydroxyl groups is 1. The maximum absolute atomic E-state index is 10.3. The maximum Gasteiger partial charge on any atom is 0.356 e. The van der Waals surface area contributed by atoms with Crippen LogP contribution in [0.15, 0.2) is 28.4 Å². The van der Waals surface area contributed by atoms with Crippen molar-refractivity contribution in [3.8, 4) is 5.75 Å². The van der Waals surface area contributed by atoms with Crippen LogP contribution >= 0.6 is 0 Å². The van der Waals surface area contributed by atoms with Crippen LogP contribution in [0.4, 0.5) is 10.5 Å². The van der Waals surface area contributed by atoms with Gasteiger partial charge in [-0.05, 0) is 30.7 Å². The van der Waals surface area contributed by atoms with Crippen LogP contribution in [0.2, 0.25) is 0 Å². The molecule has 0 heterocycles. The van der Waals surface area contributed by atoms with Crippen molar-refractivity contribution in [2.75, 3.05) is 0 Å². The van der Waals surface area contributed by atoms with Gasteiger partial charge in [-0.25, -0.2) is 4.79 Å². The third kappa shape index (κ3) is 2.55. The molecule has 0 aliphatic heterocycles. The highest BCUT2D eigenvalue weighted by molar-refractivity contribution is 5.72. The zero-order valence-electron chi connectivity index (χ0n) is 7.06. The summed E-state index contributed by atoms with van der Waals surface area (Å²) >= 11 is 0. The van der Waals surface area contributed by atoms with Crippen molar-refractivity contribution >= 4 is 11.7 Å². The van der Waals surface area contributed by atoms with Crippen LogP contribution < -0.4 is 5.73 Å². The molecule has 0 fully saturated rings. The van der Waals surface area contributed by atoms with E-state index in [1.807, 2.05) is 0 Å². The second-order valence-electron chi connectivity index (χ2n) is 2.51. The summed E-state index contributed by atoms with van der Waals surface area (Å²) in [6, 6.07) is 3.70. The lowest BCUT2D eigenvalue weighted by Gasteiger charge is -1.97. The van der Waals surface area contributed by atoms with Crippen LogP contribution in [0, 0.1) is 6.92 Å². The van der Waals surface area contributed by atoms with Crippen molar-refractivity contribution in [1.82, 2.24) is 0 Å². The molecule has 3 N–H and O–H groups in total. The highest BCUT2D eigenvalue weighted by Gasteiger charge is 1.97. The zero-order chi connectivity index (χ0) is 9.84. The number of carbonyl (C=O) groups is 1. The van der Waals surface area contributed by atoms with Gasteiger partial charge in [-0.15, -0.1) is 5.11 Å². The Hall–Kier alpha value is -1.91. The number of nitrogens with zero attached hydrogens (tertiary/aromatic N) is 2. The Kier molecular flexibility index (Phi) is 2.59. The fraction of sp³-hybridized carbons (Fsp3) is 0.125. The summed E-state index contributed by atoms with van der Waals surface area (Å²) in [6.07, 6.45) is 0.